The molecule has 0 aliphatic heterocycles. The fourth-order valence-corrected chi connectivity index (χ4v) is 2.71. The van der Waals surface area contributed by atoms with E-state index in [-0.39, 0.29) is 11.7 Å². The zero-order valence-corrected chi connectivity index (χ0v) is 13.1. The highest BCUT2D eigenvalue weighted by Gasteiger charge is 2.38. The minimum absolute atomic E-state index is 0.164. The van der Waals surface area contributed by atoms with Gasteiger partial charge in [0, 0.05) is 13.5 Å². The predicted molar refractivity (Wildman–Crippen MR) is 75.4 cm³/mol. The van der Waals surface area contributed by atoms with E-state index in [4.69, 9.17) is 4.74 Å². The highest BCUT2D eigenvalue weighted by molar-refractivity contribution is 7.15. The Morgan fingerprint density at radius 2 is 2.22 bits per heavy atom. The van der Waals surface area contributed by atoms with E-state index in [1.54, 1.807) is 12.1 Å². The summed E-state index contributed by atoms with van der Waals surface area (Å²) in [7, 11) is 1.42. The molecule has 0 aliphatic rings. The van der Waals surface area contributed by atoms with E-state index < -0.39 is 18.3 Å². The van der Waals surface area contributed by atoms with Gasteiger partial charge in [-0.25, -0.2) is 0 Å². The van der Waals surface area contributed by atoms with Crippen LogP contribution in [0.5, 0.6) is 0 Å². The van der Waals surface area contributed by atoms with Crippen LogP contribution < -0.4 is 5.32 Å². The van der Waals surface area contributed by atoms with Gasteiger partial charge in [-0.15, -0.1) is 11.3 Å². The molecule has 10 heteroatoms. The number of hydrogen-bond donors (Lipinski definition) is 1. The fourth-order valence-electron chi connectivity index (χ4n) is 1.74. The third-order valence-electron chi connectivity index (χ3n) is 2.78. The summed E-state index contributed by atoms with van der Waals surface area (Å²) in [5, 5.41) is 6.00. The molecule has 126 valence electrons. The van der Waals surface area contributed by atoms with Gasteiger partial charge in [-0.1, -0.05) is 12.1 Å². The monoisotopic (exact) mass is 349 g/mol. The largest absolute Gasteiger partial charge is 0.471 e. The molecule has 0 saturated heterocycles. The van der Waals surface area contributed by atoms with E-state index in [0.717, 1.165) is 11.3 Å². The topological polar surface area (TPSA) is 77.2 Å². The Labute approximate surface area is 133 Å². The molecule has 0 aliphatic carbocycles. The van der Waals surface area contributed by atoms with Crippen LogP contribution in [0.2, 0.25) is 0 Å². The Bertz CT molecular complexity index is 669. The number of nitrogens with one attached hydrogen (secondary N) is 1. The maximum Gasteiger partial charge on any atom is 0.471 e. The molecular formula is C13H14F3N3O3S. The van der Waals surface area contributed by atoms with Crippen LogP contribution in [0.1, 0.15) is 36.8 Å². The predicted octanol–water partition coefficient (Wildman–Crippen LogP) is 3.38. The van der Waals surface area contributed by atoms with Crippen molar-refractivity contribution in [1.82, 2.24) is 15.5 Å². The number of hydrogen-bond acceptors (Lipinski definition) is 6. The van der Waals surface area contributed by atoms with Gasteiger partial charge in [0.15, 0.2) is 6.23 Å². The van der Waals surface area contributed by atoms with E-state index in [2.05, 4.69) is 20.0 Å². The first-order chi connectivity index (χ1) is 10.8. The van der Waals surface area contributed by atoms with E-state index in [1.165, 1.54) is 7.11 Å². The Kier molecular flexibility index (Phi) is 5.37. The second kappa shape index (κ2) is 7.09. The summed E-state index contributed by atoms with van der Waals surface area (Å²) in [6.45, 7) is 1.87. The first kappa shape index (κ1) is 17.4. The van der Waals surface area contributed by atoms with Gasteiger partial charge in [0.25, 0.3) is 0 Å². The molecule has 1 N–H and O–H groups in total. The zero-order valence-electron chi connectivity index (χ0n) is 12.3. The summed E-state index contributed by atoms with van der Waals surface area (Å²) in [4.78, 5) is 15.9. The highest BCUT2D eigenvalue weighted by atomic mass is 32.1. The standard InChI is InChI=1S/C13H14F3N3O3S/c1-3-4-9(20)17-11(21-2)8-6-5-7(23-8)10-18-12(22-19-10)13(14,15)16/h5-6,11H,3-4H2,1-2H3,(H,17,20). The van der Waals surface area contributed by atoms with E-state index in [0.29, 0.717) is 22.6 Å². The van der Waals surface area contributed by atoms with Crippen molar-refractivity contribution in [1.29, 1.82) is 0 Å². The van der Waals surface area contributed by atoms with Crippen molar-refractivity contribution in [3.8, 4) is 10.7 Å². The van der Waals surface area contributed by atoms with E-state index >= 15 is 0 Å². The molecule has 1 atom stereocenters. The molecule has 0 radical (unpaired) electrons. The molecule has 2 rings (SSSR count). The molecule has 0 saturated carbocycles. The third-order valence-corrected chi connectivity index (χ3v) is 3.90. The van der Waals surface area contributed by atoms with Crippen LogP contribution in [0.4, 0.5) is 13.2 Å². The number of ether oxygens (including phenoxy) is 1. The molecule has 0 bridgehead atoms. The van der Waals surface area contributed by atoms with Crippen LogP contribution in [-0.2, 0) is 15.7 Å². The van der Waals surface area contributed by atoms with Gasteiger partial charge >= 0.3 is 12.1 Å². The molecule has 1 amide bonds. The molecule has 2 heterocycles. The van der Waals surface area contributed by atoms with Gasteiger partial charge in [0.1, 0.15) is 0 Å². The minimum atomic E-state index is -4.69. The van der Waals surface area contributed by atoms with E-state index in [1.807, 2.05) is 6.92 Å². The summed E-state index contributed by atoms with van der Waals surface area (Å²) in [6.07, 6.45) is -4.31. The lowest BCUT2D eigenvalue weighted by Crippen LogP contribution is -2.28. The molecule has 0 fully saturated rings. The Morgan fingerprint density at radius 1 is 1.48 bits per heavy atom. The fraction of sp³-hybridized carbons (Fsp3) is 0.462. The quantitative estimate of drug-likeness (QED) is 0.809. The number of rotatable bonds is 6. The molecule has 6 nitrogen and oxygen atoms in total. The molecule has 2 aromatic rings. The Hall–Kier alpha value is -1.94. The van der Waals surface area contributed by atoms with Crippen molar-refractivity contribution in [3.05, 3.63) is 22.9 Å². The first-order valence-corrected chi connectivity index (χ1v) is 7.50. The van der Waals surface area contributed by atoms with Crippen molar-refractivity contribution in [2.45, 2.75) is 32.2 Å². The van der Waals surface area contributed by atoms with Gasteiger partial charge in [0.2, 0.25) is 11.7 Å². The first-order valence-electron chi connectivity index (χ1n) is 6.68. The number of halogens is 3. The third kappa shape index (κ3) is 4.29. The van der Waals surface area contributed by atoms with Crippen LogP contribution in [0.3, 0.4) is 0 Å². The molecule has 1 unspecified atom stereocenters. The smallest absolute Gasteiger partial charge is 0.357 e. The maximum atomic E-state index is 12.5. The number of carbonyl (C=O) groups excluding carboxylic acids is 1. The average Bonchev–Trinajstić information content (AvgIpc) is 3.12. The average molecular weight is 349 g/mol. The highest BCUT2D eigenvalue weighted by Crippen LogP contribution is 2.33. The molecule has 0 aromatic carbocycles. The van der Waals surface area contributed by atoms with Crippen LogP contribution >= 0.6 is 11.3 Å². The van der Waals surface area contributed by atoms with Crippen molar-refractivity contribution in [3.63, 3.8) is 0 Å². The van der Waals surface area contributed by atoms with Crippen LogP contribution in [0, 0.1) is 0 Å². The number of carbonyl (C=O) groups is 1. The lowest BCUT2D eigenvalue weighted by Gasteiger charge is -2.15. The number of methoxy groups -OCH3 is 1. The second-order valence-corrected chi connectivity index (χ2v) is 5.67. The second-order valence-electron chi connectivity index (χ2n) is 4.56. The summed E-state index contributed by atoms with van der Waals surface area (Å²) in [5.74, 6) is -1.74. The SMILES string of the molecule is CCCC(=O)NC(OC)c1ccc(-c2noc(C(F)(F)F)n2)s1. The molecular weight excluding hydrogens is 335 g/mol. The number of thiophene rings is 1. The lowest BCUT2D eigenvalue weighted by atomic mass is 10.3. The molecule has 23 heavy (non-hydrogen) atoms. The zero-order chi connectivity index (χ0) is 17.0. The van der Waals surface area contributed by atoms with Crippen LogP contribution in [0.25, 0.3) is 10.7 Å². The van der Waals surface area contributed by atoms with Crippen molar-refractivity contribution in [2.24, 2.45) is 0 Å². The van der Waals surface area contributed by atoms with Crippen molar-refractivity contribution >= 4 is 17.2 Å². The Balaban J connectivity index is 2.16. The summed E-state index contributed by atoms with van der Waals surface area (Å²) < 4.78 is 46.8. The van der Waals surface area contributed by atoms with Crippen molar-refractivity contribution < 1.29 is 27.2 Å². The summed E-state index contributed by atoms with van der Waals surface area (Å²) in [6, 6.07) is 3.17. The van der Waals surface area contributed by atoms with Gasteiger partial charge < -0.3 is 14.6 Å². The maximum absolute atomic E-state index is 12.5. The van der Waals surface area contributed by atoms with Gasteiger partial charge in [0.05, 0.1) is 9.75 Å². The number of amides is 1. The lowest BCUT2D eigenvalue weighted by molar-refractivity contribution is -0.159. The van der Waals surface area contributed by atoms with Crippen LogP contribution in [-0.4, -0.2) is 23.2 Å². The van der Waals surface area contributed by atoms with E-state index in [9.17, 15) is 18.0 Å². The van der Waals surface area contributed by atoms with Gasteiger partial charge in [-0.3, -0.25) is 4.79 Å². The normalized spacial score (nSPS) is 13.1. The van der Waals surface area contributed by atoms with Gasteiger partial charge in [-0.2, -0.15) is 18.2 Å². The number of alkyl halides is 3. The molecule has 0 spiro atoms. The van der Waals surface area contributed by atoms with Crippen molar-refractivity contribution in [2.75, 3.05) is 7.11 Å². The van der Waals surface area contributed by atoms with Gasteiger partial charge in [-0.05, 0) is 18.6 Å². The summed E-state index contributed by atoms with van der Waals surface area (Å²) >= 11 is 1.11. The number of aromatic nitrogens is 2. The Morgan fingerprint density at radius 3 is 2.78 bits per heavy atom. The summed E-state index contributed by atoms with van der Waals surface area (Å²) in [5.41, 5.74) is 0. The van der Waals surface area contributed by atoms with Crippen LogP contribution in [0.15, 0.2) is 16.7 Å². The molecule has 2 aromatic heterocycles. The number of nitrogens with zero attached hydrogens (tertiary/aromatic N) is 2. The minimum Gasteiger partial charge on any atom is -0.357 e.